The molecule has 0 saturated heterocycles. The first-order valence-corrected chi connectivity index (χ1v) is 9.56. The summed E-state index contributed by atoms with van der Waals surface area (Å²) in [5.41, 5.74) is 2.26. The number of ketones is 1. The molecule has 0 fully saturated rings. The summed E-state index contributed by atoms with van der Waals surface area (Å²) in [4.78, 5) is 13.5. The zero-order valence-corrected chi connectivity index (χ0v) is 15.8. The number of aromatic hydroxyl groups is 1. The average Bonchev–Trinajstić information content (AvgIpc) is 2.68. The molecule has 5 heteroatoms. The predicted octanol–water partition coefficient (Wildman–Crippen LogP) is 6.34. The highest BCUT2D eigenvalue weighted by atomic mass is 35.5. The SMILES string of the molecule is O=C(/C(=C\c1ccc(O)cc1)SCc1ccc(F)cc1)c1ccc(Cl)cc1. The summed E-state index contributed by atoms with van der Waals surface area (Å²) in [5, 5.41) is 10.0. The molecule has 3 aromatic rings. The molecule has 0 bridgehead atoms. The van der Waals surface area contributed by atoms with Crippen LogP contribution in [0, 0.1) is 5.82 Å². The fourth-order valence-corrected chi connectivity index (χ4v) is 3.49. The van der Waals surface area contributed by atoms with Crippen LogP contribution in [0.5, 0.6) is 5.75 Å². The van der Waals surface area contributed by atoms with Gasteiger partial charge in [0, 0.05) is 16.3 Å². The molecule has 0 radical (unpaired) electrons. The van der Waals surface area contributed by atoms with E-state index in [4.69, 9.17) is 11.6 Å². The van der Waals surface area contributed by atoms with Gasteiger partial charge in [-0.25, -0.2) is 4.39 Å². The Hall–Kier alpha value is -2.56. The number of halogens is 2. The second kappa shape index (κ2) is 8.89. The highest BCUT2D eigenvalue weighted by Gasteiger charge is 2.14. The number of benzene rings is 3. The summed E-state index contributed by atoms with van der Waals surface area (Å²) in [6, 6.07) is 19.6. The Balaban J connectivity index is 1.87. The van der Waals surface area contributed by atoms with Crippen LogP contribution in [-0.2, 0) is 5.75 Å². The lowest BCUT2D eigenvalue weighted by atomic mass is 10.1. The monoisotopic (exact) mass is 398 g/mol. The van der Waals surface area contributed by atoms with Crippen molar-refractivity contribution in [3.8, 4) is 5.75 Å². The van der Waals surface area contributed by atoms with Gasteiger partial charge < -0.3 is 5.11 Å². The van der Waals surface area contributed by atoms with Gasteiger partial charge in [0.25, 0.3) is 0 Å². The number of thioether (sulfide) groups is 1. The van der Waals surface area contributed by atoms with Crippen LogP contribution in [0.2, 0.25) is 5.02 Å². The van der Waals surface area contributed by atoms with E-state index in [1.165, 1.54) is 23.9 Å². The summed E-state index contributed by atoms with van der Waals surface area (Å²) in [6.45, 7) is 0. The summed E-state index contributed by atoms with van der Waals surface area (Å²) in [7, 11) is 0. The van der Waals surface area contributed by atoms with Gasteiger partial charge in [-0.05, 0) is 65.7 Å². The quantitative estimate of drug-likeness (QED) is 0.388. The van der Waals surface area contributed by atoms with Crippen LogP contribution in [-0.4, -0.2) is 10.9 Å². The third-order valence-electron chi connectivity index (χ3n) is 3.83. The third kappa shape index (κ3) is 5.46. The molecule has 0 amide bonds. The van der Waals surface area contributed by atoms with Crippen LogP contribution < -0.4 is 0 Å². The first-order chi connectivity index (χ1) is 13.0. The van der Waals surface area contributed by atoms with E-state index in [-0.39, 0.29) is 17.3 Å². The molecule has 1 N–H and O–H groups in total. The van der Waals surface area contributed by atoms with E-state index in [0.717, 1.165) is 11.1 Å². The van der Waals surface area contributed by atoms with E-state index >= 15 is 0 Å². The normalized spacial score (nSPS) is 11.4. The fraction of sp³-hybridized carbons (Fsp3) is 0.0455. The van der Waals surface area contributed by atoms with Crippen LogP contribution in [0.25, 0.3) is 6.08 Å². The number of carbonyl (C=O) groups is 1. The number of allylic oxidation sites excluding steroid dienone is 1. The van der Waals surface area contributed by atoms with Crippen LogP contribution in [0.15, 0.2) is 77.7 Å². The van der Waals surface area contributed by atoms with Crippen molar-refractivity contribution in [3.05, 3.63) is 105 Å². The molecule has 3 rings (SSSR count). The van der Waals surface area contributed by atoms with Gasteiger partial charge in [0.1, 0.15) is 11.6 Å². The number of phenolic OH excluding ortho intramolecular Hbond substituents is 1. The van der Waals surface area contributed by atoms with Gasteiger partial charge >= 0.3 is 0 Å². The molecule has 0 heterocycles. The Morgan fingerprint density at radius 1 is 0.963 bits per heavy atom. The summed E-state index contributed by atoms with van der Waals surface area (Å²) >= 11 is 7.29. The third-order valence-corrected chi connectivity index (χ3v) is 5.17. The van der Waals surface area contributed by atoms with E-state index in [1.54, 1.807) is 66.7 Å². The lowest BCUT2D eigenvalue weighted by Crippen LogP contribution is -2.01. The second-order valence-corrected chi connectivity index (χ2v) is 7.30. The van der Waals surface area contributed by atoms with Crippen molar-refractivity contribution in [2.24, 2.45) is 0 Å². The highest BCUT2D eigenvalue weighted by Crippen LogP contribution is 2.28. The Morgan fingerprint density at radius 3 is 2.22 bits per heavy atom. The van der Waals surface area contributed by atoms with Crippen LogP contribution in [0.1, 0.15) is 21.5 Å². The van der Waals surface area contributed by atoms with Crippen molar-refractivity contribution in [1.82, 2.24) is 0 Å². The maximum absolute atomic E-state index is 13.1. The Morgan fingerprint density at radius 2 is 1.59 bits per heavy atom. The lowest BCUT2D eigenvalue weighted by molar-refractivity contribution is 0.104. The largest absolute Gasteiger partial charge is 0.508 e. The first kappa shape index (κ1) is 19.2. The minimum absolute atomic E-state index is 0.119. The summed E-state index contributed by atoms with van der Waals surface area (Å²) in [6.07, 6.45) is 1.78. The number of carbonyl (C=O) groups excluding carboxylic acids is 1. The molecule has 136 valence electrons. The molecule has 3 aromatic carbocycles. The zero-order valence-electron chi connectivity index (χ0n) is 14.2. The summed E-state index contributed by atoms with van der Waals surface area (Å²) in [5.74, 6) is 0.285. The number of rotatable bonds is 6. The van der Waals surface area contributed by atoms with Gasteiger partial charge in [-0.2, -0.15) is 0 Å². The van der Waals surface area contributed by atoms with E-state index in [0.29, 0.717) is 21.2 Å². The highest BCUT2D eigenvalue weighted by molar-refractivity contribution is 8.03. The van der Waals surface area contributed by atoms with Crippen LogP contribution in [0.3, 0.4) is 0 Å². The molecule has 0 aliphatic carbocycles. The Bertz CT molecular complexity index is 949. The molecule has 0 spiro atoms. The first-order valence-electron chi connectivity index (χ1n) is 8.19. The predicted molar refractivity (Wildman–Crippen MR) is 110 cm³/mol. The lowest BCUT2D eigenvalue weighted by Gasteiger charge is -2.08. The maximum Gasteiger partial charge on any atom is 0.199 e. The molecule has 0 aliphatic heterocycles. The van der Waals surface area contributed by atoms with Gasteiger partial charge in [-0.1, -0.05) is 35.9 Å². The van der Waals surface area contributed by atoms with Gasteiger partial charge in [0.2, 0.25) is 0 Å². The molecule has 0 aliphatic rings. The van der Waals surface area contributed by atoms with E-state index in [9.17, 15) is 14.3 Å². The fourth-order valence-electron chi connectivity index (χ4n) is 2.38. The van der Waals surface area contributed by atoms with Crippen LogP contribution >= 0.6 is 23.4 Å². The van der Waals surface area contributed by atoms with E-state index < -0.39 is 0 Å². The second-order valence-electron chi connectivity index (χ2n) is 5.85. The van der Waals surface area contributed by atoms with E-state index in [2.05, 4.69) is 0 Å². The Labute approximate surface area is 166 Å². The van der Waals surface area contributed by atoms with Crippen molar-refractivity contribution in [1.29, 1.82) is 0 Å². The number of Topliss-reactive ketones (excluding diaryl/α,β-unsaturated/α-hetero) is 1. The number of hydrogen-bond donors (Lipinski definition) is 1. The molecule has 2 nitrogen and oxygen atoms in total. The van der Waals surface area contributed by atoms with Gasteiger partial charge in [-0.15, -0.1) is 11.8 Å². The van der Waals surface area contributed by atoms with Crippen molar-refractivity contribution in [2.75, 3.05) is 0 Å². The smallest absolute Gasteiger partial charge is 0.199 e. The molecular weight excluding hydrogens is 383 g/mol. The Kier molecular flexibility index (Phi) is 6.32. The minimum atomic E-state index is -0.291. The minimum Gasteiger partial charge on any atom is -0.508 e. The topological polar surface area (TPSA) is 37.3 Å². The molecule has 0 aromatic heterocycles. The molecule has 0 unspecified atom stereocenters. The van der Waals surface area contributed by atoms with Gasteiger partial charge in [0.15, 0.2) is 5.78 Å². The van der Waals surface area contributed by atoms with Crippen LogP contribution in [0.4, 0.5) is 4.39 Å². The zero-order chi connectivity index (χ0) is 19.2. The van der Waals surface area contributed by atoms with Crippen molar-refractivity contribution in [2.45, 2.75) is 5.75 Å². The standard InChI is InChI=1S/C22H16ClFO2S/c23-18-7-5-17(6-8-18)22(26)21(13-15-3-11-20(25)12-4-15)27-14-16-1-9-19(24)10-2-16/h1-13,25H,14H2/b21-13+. The van der Waals surface area contributed by atoms with Gasteiger partial charge in [0.05, 0.1) is 4.91 Å². The maximum atomic E-state index is 13.1. The molecular formula is C22H16ClFO2S. The van der Waals surface area contributed by atoms with Crippen molar-refractivity contribution >= 4 is 35.2 Å². The summed E-state index contributed by atoms with van der Waals surface area (Å²) < 4.78 is 13.1. The number of phenols is 1. The molecule has 0 saturated carbocycles. The van der Waals surface area contributed by atoms with Crippen molar-refractivity contribution in [3.63, 3.8) is 0 Å². The molecule has 27 heavy (non-hydrogen) atoms. The van der Waals surface area contributed by atoms with Crippen molar-refractivity contribution < 1.29 is 14.3 Å². The number of hydrogen-bond acceptors (Lipinski definition) is 3. The van der Waals surface area contributed by atoms with E-state index in [1.807, 2.05) is 0 Å². The molecule has 0 atom stereocenters. The van der Waals surface area contributed by atoms with Gasteiger partial charge in [-0.3, -0.25) is 4.79 Å². The average molecular weight is 399 g/mol.